The molecule has 6 heteroatoms. The molecule has 5 nitrogen and oxygen atoms in total. The fourth-order valence-corrected chi connectivity index (χ4v) is 1.30. The lowest BCUT2D eigenvalue weighted by Gasteiger charge is -2.07. The Labute approximate surface area is 98.1 Å². The lowest BCUT2D eigenvalue weighted by Crippen LogP contribution is -2.06. The van der Waals surface area contributed by atoms with E-state index in [1.165, 1.54) is 0 Å². The number of nitrogens with zero attached hydrogens (tertiary/aromatic N) is 3. The molecule has 0 atom stereocenters. The van der Waals surface area contributed by atoms with Gasteiger partial charge < -0.3 is 10.6 Å². The highest BCUT2D eigenvalue weighted by molar-refractivity contribution is 5.41. The number of nitrogens with one attached hydrogen (secondary N) is 2. The van der Waals surface area contributed by atoms with E-state index in [0.717, 1.165) is 11.8 Å². The van der Waals surface area contributed by atoms with Crippen LogP contribution < -0.4 is 10.6 Å². The maximum absolute atomic E-state index is 13.4. The minimum absolute atomic E-state index is 0.174. The maximum atomic E-state index is 13.4. The van der Waals surface area contributed by atoms with E-state index in [1.807, 2.05) is 12.1 Å². The summed E-state index contributed by atoms with van der Waals surface area (Å²) in [6.07, 6.45) is 4.53. The Hall–Kier alpha value is -2.24. The van der Waals surface area contributed by atoms with Crippen LogP contribution in [0.2, 0.25) is 0 Å². The Morgan fingerprint density at radius 2 is 2.24 bits per heavy atom. The number of rotatable bonds is 4. The smallest absolute Gasteiger partial charge is 0.224 e. The maximum Gasteiger partial charge on any atom is 0.224 e. The van der Waals surface area contributed by atoms with Crippen molar-refractivity contribution in [2.75, 3.05) is 17.7 Å². The summed E-state index contributed by atoms with van der Waals surface area (Å²) < 4.78 is 13.4. The van der Waals surface area contributed by atoms with Crippen LogP contribution >= 0.6 is 0 Å². The average molecular weight is 233 g/mol. The van der Waals surface area contributed by atoms with E-state index in [0.29, 0.717) is 12.5 Å². The van der Waals surface area contributed by atoms with Crippen LogP contribution in [0, 0.1) is 5.82 Å². The molecule has 2 heterocycles. The standard InChI is InChI=1S/C11H12FN5/c1-13-11-16-7-9(12)10(17-11)15-6-8-3-2-4-14-5-8/h2-5,7H,6H2,1H3,(H2,13,15,16,17). The van der Waals surface area contributed by atoms with Crippen molar-refractivity contribution in [3.8, 4) is 0 Å². The third-order valence-electron chi connectivity index (χ3n) is 2.15. The summed E-state index contributed by atoms with van der Waals surface area (Å²) in [5.41, 5.74) is 0.955. The van der Waals surface area contributed by atoms with Crippen LogP contribution in [0.3, 0.4) is 0 Å². The highest BCUT2D eigenvalue weighted by Gasteiger charge is 2.05. The summed E-state index contributed by atoms with van der Waals surface area (Å²) in [6, 6.07) is 3.73. The van der Waals surface area contributed by atoms with E-state index in [2.05, 4.69) is 25.6 Å². The van der Waals surface area contributed by atoms with Crippen LogP contribution in [-0.4, -0.2) is 22.0 Å². The van der Waals surface area contributed by atoms with Crippen molar-refractivity contribution in [1.29, 1.82) is 0 Å². The van der Waals surface area contributed by atoms with Gasteiger partial charge in [-0.05, 0) is 11.6 Å². The number of hydrogen-bond donors (Lipinski definition) is 2. The Morgan fingerprint density at radius 1 is 1.35 bits per heavy atom. The van der Waals surface area contributed by atoms with Crippen LogP contribution in [0.5, 0.6) is 0 Å². The molecule has 0 unspecified atom stereocenters. The molecule has 88 valence electrons. The summed E-state index contributed by atoms with van der Waals surface area (Å²) in [6.45, 7) is 0.463. The number of halogens is 1. The minimum atomic E-state index is -0.479. The van der Waals surface area contributed by atoms with Gasteiger partial charge in [-0.2, -0.15) is 4.98 Å². The quantitative estimate of drug-likeness (QED) is 0.841. The second-order valence-corrected chi connectivity index (χ2v) is 3.35. The second-order valence-electron chi connectivity index (χ2n) is 3.35. The van der Waals surface area contributed by atoms with E-state index >= 15 is 0 Å². The first-order valence-electron chi connectivity index (χ1n) is 5.12. The van der Waals surface area contributed by atoms with E-state index in [-0.39, 0.29) is 5.82 Å². The van der Waals surface area contributed by atoms with Gasteiger partial charge in [0.25, 0.3) is 0 Å². The zero-order valence-corrected chi connectivity index (χ0v) is 9.31. The molecule has 0 aliphatic heterocycles. The fourth-order valence-electron chi connectivity index (χ4n) is 1.30. The van der Waals surface area contributed by atoms with Crippen LogP contribution in [0.1, 0.15) is 5.56 Å². The molecule has 0 radical (unpaired) electrons. The van der Waals surface area contributed by atoms with Crippen molar-refractivity contribution in [3.05, 3.63) is 42.1 Å². The van der Waals surface area contributed by atoms with Gasteiger partial charge in [0.05, 0.1) is 6.20 Å². The molecule has 0 aliphatic carbocycles. The monoisotopic (exact) mass is 233 g/mol. The van der Waals surface area contributed by atoms with Gasteiger partial charge in [0, 0.05) is 26.0 Å². The van der Waals surface area contributed by atoms with Crippen molar-refractivity contribution in [1.82, 2.24) is 15.0 Å². The highest BCUT2D eigenvalue weighted by Crippen LogP contribution is 2.12. The molecular weight excluding hydrogens is 221 g/mol. The predicted molar refractivity (Wildman–Crippen MR) is 63.1 cm³/mol. The molecule has 2 N–H and O–H groups in total. The van der Waals surface area contributed by atoms with Crippen molar-refractivity contribution in [2.45, 2.75) is 6.54 Å². The van der Waals surface area contributed by atoms with Gasteiger partial charge in [0.2, 0.25) is 5.95 Å². The largest absolute Gasteiger partial charge is 0.363 e. The fraction of sp³-hybridized carbons (Fsp3) is 0.182. The summed E-state index contributed by atoms with van der Waals surface area (Å²) in [4.78, 5) is 11.7. The van der Waals surface area contributed by atoms with Crippen molar-refractivity contribution < 1.29 is 4.39 Å². The molecule has 0 saturated carbocycles. The zero-order chi connectivity index (χ0) is 12.1. The summed E-state index contributed by atoms with van der Waals surface area (Å²) in [5.74, 6) is 0.0705. The van der Waals surface area contributed by atoms with Gasteiger partial charge >= 0.3 is 0 Å². The predicted octanol–water partition coefficient (Wildman–Crippen LogP) is 1.66. The molecule has 0 aromatic carbocycles. The molecule has 17 heavy (non-hydrogen) atoms. The van der Waals surface area contributed by atoms with E-state index in [4.69, 9.17) is 0 Å². The van der Waals surface area contributed by atoms with Gasteiger partial charge in [0.15, 0.2) is 11.6 Å². The van der Waals surface area contributed by atoms with E-state index < -0.39 is 5.82 Å². The Balaban J connectivity index is 2.08. The Kier molecular flexibility index (Phi) is 3.44. The van der Waals surface area contributed by atoms with Crippen molar-refractivity contribution in [3.63, 3.8) is 0 Å². The minimum Gasteiger partial charge on any atom is -0.363 e. The highest BCUT2D eigenvalue weighted by atomic mass is 19.1. The lowest BCUT2D eigenvalue weighted by atomic mass is 10.3. The molecule has 2 aromatic heterocycles. The molecule has 2 aromatic rings. The Morgan fingerprint density at radius 3 is 2.94 bits per heavy atom. The van der Waals surface area contributed by atoms with Crippen molar-refractivity contribution >= 4 is 11.8 Å². The molecule has 0 saturated heterocycles. The molecule has 0 amide bonds. The Bertz CT molecular complexity index is 488. The van der Waals surface area contributed by atoms with Crippen LogP contribution in [0.15, 0.2) is 30.7 Å². The third kappa shape index (κ3) is 2.87. The third-order valence-corrected chi connectivity index (χ3v) is 2.15. The molecule has 0 aliphatic rings. The van der Waals surface area contributed by atoms with Gasteiger partial charge in [-0.3, -0.25) is 4.98 Å². The lowest BCUT2D eigenvalue weighted by molar-refractivity contribution is 0.617. The van der Waals surface area contributed by atoms with Gasteiger partial charge in [-0.15, -0.1) is 0 Å². The molecule has 0 fully saturated rings. The van der Waals surface area contributed by atoms with Gasteiger partial charge in [0.1, 0.15) is 0 Å². The second kappa shape index (κ2) is 5.20. The van der Waals surface area contributed by atoms with Crippen molar-refractivity contribution in [2.24, 2.45) is 0 Å². The average Bonchev–Trinajstić information content (AvgIpc) is 2.39. The molecular formula is C11H12FN5. The number of hydrogen-bond acceptors (Lipinski definition) is 5. The first-order chi connectivity index (χ1) is 8.29. The van der Waals surface area contributed by atoms with Crippen LogP contribution in [0.25, 0.3) is 0 Å². The van der Waals surface area contributed by atoms with Gasteiger partial charge in [-0.1, -0.05) is 6.07 Å². The number of anilines is 2. The molecule has 0 spiro atoms. The summed E-state index contributed by atoms with van der Waals surface area (Å²) >= 11 is 0. The summed E-state index contributed by atoms with van der Waals surface area (Å²) in [5, 5.41) is 5.65. The molecule has 2 rings (SSSR count). The summed E-state index contributed by atoms with van der Waals surface area (Å²) in [7, 11) is 1.68. The van der Waals surface area contributed by atoms with Gasteiger partial charge in [-0.25, -0.2) is 9.37 Å². The first kappa shape index (κ1) is 11.3. The van der Waals surface area contributed by atoms with Crippen LogP contribution in [0.4, 0.5) is 16.2 Å². The first-order valence-corrected chi connectivity index (χ1v) is 5.12. The zero-order valence-electron chi connectivity index (χ0n) is 9.31. The van der Waals surface area contributed by atoms with E-state index in [1.54, 1.807) is 19.4 Å². The normalized spacial score (nSPS) is 10.0. The number of aromatic nitrogens is 3. The number of pyridine rings is 1. The van der Waals surface area contributed by atoms with Crippen LogP contribution in [-0.2, 0) is 6.54 Å². The molecule has 0 bridgehead atoms. The van der Waals surface area contributed by atoms with E-state index in [9.17, 15) is 4.39 Å². The topological polar surface area (TPSA) is 62.7 Å². The SMILES string of the molecule is CNc1ncc(F)c(NCc2cccnc2)n1.